The summed E-state index contributed by atoms with van der Waals surface area (Å²) in [7, 11) is 0. The Hall–Kier alpha value is -4.58. The van der Waals surface area contributed by atoms with E-state index < -0.39 is 0 Å². The number of carbonyl (C=O) groups is 2. The van der Waals surface area contributed by atoms with E-state index in [1.807, 2.05) is 125 Å². The molecule has 0 saturated heterocycles. The molecule has 0 fully saturated rings. The molecule has 4 rings (SSSR count). The molecule has 0 aliphatic carbocycles. The van der Waals surface area contributed by atoms with Crippen LogP contribution in [0.4, 0.5) is 0 Å². The summed E-state index contributed by atoms with van der Waals surface area (Å²) in [4.78, 5) is 30.5. The molecule has 0 aliphatic rings. The highest BCUT2D eigenvalue weighted by Gasteiger charge is 2.21. The quantitative estimate of drug-likeness (QED) is 0.188. The fraction of sp³-hybridized carbons (Fsp3) is 0.278. The number of ether oxygens (including phenoxy) is 2. The van der Waals surface area contributed by atoms with Crippen LogP contribution in [0.3, 0.4) is 0 Å². The first kappa shape index (κ1) is 30.4. The second kappa shape index (κ2) is 14.9. The van der Waals surface area contributed by atoms with Gasteiger partial charge in [-0.1, -0.05) is 84.9 Å². The SMILES string of the molecule is Cc1ccc(C)c(OCC(=O)N(CCN(Cc2ccccc2)C(=O)COc2cc(C)ccc2C)Cc2ccccc2)c1. The zero-order valence-electron chi connectivity index (χ0n) is 25.0. The molecule has 0 N–H and O–H groups in total. The first-order valence-electron chi connectivity index (χ1n) is 14.3. The number of rotatable bonds is 13. The van der Waals surface area contributed by atoms with Crippen molar-refractivity contribution >= 4 is 11.8 Å². The van der Waals surface area contributed by atoms with Crippen molar-refractivity contribution < 1.29 is 19.1 Å². The van der Waals surface area contributed by atoms with Gasteiger partial charge in [0.15, 0.2) is 13.2 Å². The van der Waals surface area contributed by atoms with E-state index >= 15 is 0 Å². The molecular formula is C36H40N2O4. The van der Waals surface area contributed by atoms with Crippen LogP contribution in [0.1, 0.15) is 33.4 Å². The molecule has 0 saturated carbocycles. The van der Waals surface area contributed by atoms with Crippen molar-refractivity contribution in [1.29, 1.82) is 0 Å². The van der Waals surface area contributed by atoms with Gasteiger partial charge >= 0.3 is 0 Å². The summed E-state index contributed by atoms with van der Waals surface area (Å²) in [5.41, 5.74) is 6.12. The number of nitrogens with zero attached hydrogens (tertiary/aromatic N) is 2. The van der Waals surface area contributed by atoms with E-state index in [2.05, 4.69) is 0 Å². The average molecular weight is 565 g/mol. The summed E-state index contributed by atoms with van der Waals surface area (Å²) in [6.45, 7) is 9.31. The minimum absolute atomic E-state index is 0.0838. The first-order chi connectivity index (χ1) is 20.3. The molecule has 0 atom stereocenters. The number of carbonyl (C=O) groups excluding carboxylic acids is 2. The van der Waals surface area contributed by atoms with E-state index in [-0.39, 0.29) is 25.0 Å². The molecule has 4 aromatic carbocycles. The molecule has 218 valence electrons. The van der Waals surface area contributed by atoms with Crippen LogP contribution in [0, 0.1) is 27.7 Å². The van der Waals surface area contributed by atoms with Crippen LogP contribution in [0.15, 0.2) is 97.1 Å². The Morgan fingerprint density at radius 1 is 0.548 bits per heavy atom. The molecule has 2 amide bonds. The molecule has 0 aliphatic heterocycles. The monoisotopic (exact) mass is 564 g/mol. The third-order valence-electron chi connectivity index (χ3n) is 7.17. The molecule has 6 nitrogen and oxygen atoms in total. The zero-order valence-corrected chi connectivity index (χ0v) is 25.0. The molecule has 6 heteroatoms. The van der Waals surface area contributed by atoms with Crippen LogP contribution in [-0.4, -0.2) is 47.9 Å². The average Bonchev–Trinajstić information content (AvgIpc) is 3.00. The van der Waals surface area contributed by atoms with Gasteiger partial charge in [0.05, 0.1) is 0 Å². The fourth-order valence-electron chi connectivity index (χ4n) is 4.62. The van der Waals surface area contributed by atoms with Gasteiger partial charge in [0.2, 0.25) is 0 Å². The molecule has 0 bridgehead atoms. The van der Waals surface area contributed by atoms with Gasteiger partial charge in [-0.2, -0.15) is 0 Å². The second-order valence-electron chi connectivity index (χ2n) is 10.7. The van der Waals surface area contributed by atoms with Crippen molar-refractivity contribution in [2.24, 2.45) is 0 Å². The molecule has 0 aromatic heterocycles. The van der Waals surface area contributed by atoms with E-state index in [1.54, 1.807) is 9.80 Å². The van der Waals surface area contributed by atoms with Gasteiger partial charge in [-0.25, -0.2) is 0 Å². The van der Waals surface area contributed by atoms with E-state index in [0.717, 1.165) is 33.4 Å². The summed E-state index contributed by atoms with van der Waals surface area (Å²) in [6.07, 6.45) is 0. The van der Waals surface area contributed by atoms with Gasteiger partial charge in [0, 0.05) is 26.2 Å². The fourth-order valence-corrected chi connectivity index (χ4v) is 4.62. The Balaban J connectivity index is 1.48. The van der Waals surface area contributed by atoms with Crippen molar-refractivity contribution in [2.75, 3.05) is 26.3 Å². The third-order valence-corrected chi connectivity index (χ3v) is 7.17. The van der Waals surface area contributed by atoms with Gasteiger partial charge in [0.25, 0.3) is 11.8 Å². The number of benzene rings is 4. The molecule has 0 spiro atoms. The second-order valence-corrected chi connectivity index (χ2v) is 10.7. The van der Waals surface area contributed by atoms with Gasteiger partial charge in [-0.05, 0) is 73.2 Å². The van der Waals surface area contributed by atoms with Crippen LogP contribution in [0.2, 0.25) is 0 Å². The Bertz CT molecular complexity index is 1360. The summed E-state index contributed by atoms with van der Waals surface area (Å²) in [5.74, 6) is 1.12. The highest BCUT2D eigenvalue weighted by atomic mass is 16.5. The Kier molecular flexibility index (Phi) is 10.8. The molecule has 0 radical (unpaired) electrons. The van der Waals surface area contributed by atoms with E-state index in [4.69, 9.17) is 9.47 Å². The Morgan fingerprint density at radius 2 is 0.929 bits per heavy atom. The molecular weight excluding hydrogens is 524 g/mol. The van der Waals surface area contributed by atoms with Gasteiger partial charge in [0.1, 0.15) is 11.5 Å². The van der Waals surface area contributed by atoms with E-state index in [1.165, 1.54) is 0 Å². The van der Waals surface area contributed by atoms with Crippen molar-refractivity contribution in [3.63, 3.8) is 0 Å². The van der Waals surface area contributed by atoms with Crippen LogP contribution in [0.5, 0.6) is 11.5 Å². The number of hydrogen-bond acceptors (Lipinski definition) is 4. The molecule has 42 heavy (non-hydrogen) atoms. The largest absolute Gasteiger partial charge is 0.483 e. The van der Waals surface area contributed by atoms with Gasteiger partial charge < -0.3 is 19.3 Å². The Morgan fingerprint density at radius 3 is 1.31 bits per heavy atom. The minimum Gasteiger partial charge on any atom is -0.483 e. The maximum atomic E-state index is 13.5. The zero-order chi connectivity index (χ0) is 29.9. The highest BCUT2D eigenvalue weighted by Crippen LogP contribution is 2.20. The third kappa shape index (κ3) is 8.96. The lowest BCUT2D eigenvalue weighted by molar-refractivity contribution is -0.138. The number of aryl methyl sites for hydroxylation is 4. The lowest BCUT2D eigenvalue weighted by atomic mass is 10.1. The maximum Gasteiger partial charge on any atom is 0.260 e. The summed E-state index contributed by atoms with van der Waals surface area (Å²) in [6, 6.07) is 31.6. The predicted molar refractivity (Wildman–Crippen MR) is 167 cm³/mol. The van der Waals surface area contributed by atoms with Crippen molar-refractivity contribution in [2.45, 2.75) is 40.8 Å². The molecule has 4 aromatic rings. The topological polar surface area (TPSA) is 59.1 Å². The first-order valence-corrected chi connectivity index (χ1v) is 14.3. The van der Waals surface area contributed by atoms with Crippen molar-refractivity contribution in [3.8, 4) is 11.5 Å². The lowest BCUT2D eigenvalue weighted by Crippen LogP contribution is -2.43. The summed E-state index contributed by atoms with van der Waals surface area (Å²) in [5, 5.41) is 0. The summed E-state index contributed by atoms with van der Waals surface area (Å²) < 4.78 is 11.9. The van der Waals surface area contributed by atoms with Gasteiger partial charge in [-0.15, -0.1) is 0 Å². The van der Waals surface area contributed by atoms with Crippen molar-refractivity contribution in [1.82, 2.24) is 9.80 Å². The van der Waals surface area contributed by atoms with Crippen LogP contribution >= 0.6 is 0 Å². The molecule has 0 unspecified atom stereocenters. The molecule has 0 heterocycles. The van der Waals surface area contributed by atoms with Crippen LogP contribution in [-0.2, 0) is 22.7 Å². The van der Waals surface area contributed by atoms with Crippen molar-refractivity contribution in [3.05, 3.63) is 130 Å². The lowest BCUT2D eigenvalue weighted by Gasteiger charge is -2.28. The van der Waals surface area contributed by atoms with Crippen LogP contribution < -0.4 is 9.47 Å². The number of amides is 2. The summed E-state index contributed by atoms with van der Waals surface area (Å²) >= 11 is 0. The maximum absolute atomic E-state index is 13.5. The highest BCUT2D eigenvalue weighted by molar-refractivity contribution is 5.79. The normalized spacial score (nSPS) is 10.7. The van der Waals surface area contributed by atoms with Crippen LogP contribution in [0.25, 0.3) is 0 Å². The smallest absolute Gasteiger partial charge is 0.260 e. The Labute approximate surface area is 249 Å². The van der Waals surface area contributed by atoms with E-state index in [9.17, 15) is 9.59 Å². The minimum atomic E-state index is -0.140. The predicted octanol–water partition coefficient (Wildman–Crippen LogP) is 6.44. The number of hydrogen-bond donors (Lipinski definition) is 0. The van der Waals surface area contributed by atoms with E-state index in [0.29, 0.717) is 37.7 Å². The van der Waals surface area contributed by atoms with Gasteiger partial charge in [-0.3, -0.25) is 9.59 Å². The standard InChI is InChI=1S/C36H40N2O4/c1-27-15-17-29(3)33(21-27)41-25-35(39)37(23-31-11-7-5-8-12-31)19-20-38(24-32-13-9-6-10-14-32)36(40)26-42-34-22-28(2)16-18-30(34)4/h5-18,21-22H,19-20,23-26H2,1-4H3.